The van der Waals surface area contributed by atoms with Gasteiger partial charge < -0.3 is 9.84 Å². The van der Waals surface area contributed by atoms with Gasteiger partial charge in [-0.2, -0.15) is 13.1 Å². The smallest absolute Gasteiger partial charge is 0.387 e. The normalized spacial score (nSPS) is 18.6. The molecule has 0 saturated carbocycles. The molecule has 1 unspecified atom stereocenters. The van der Waals surface area contributed by atoms with Crippen LogP contribution in [0.25, 0.3) is 0 Å². The van der Waals surface area contributed by atoms with E-state index in [1.165, 1.54) is 28.6 Å². The summed E-state index contributed by atoms with van der Waals surface area (Å²) in [6.45, 7) is -0.221. The maximum atomic E-state index is 13.0. The van der Waals surface area contributed by atoms with E-state index in [2.05, 4.69) is 9.64 Å². The molecule has 6 nitrogen and oxygen atoms in total. The highest BCUT2D eigenvalue weighted by Gasteiger charge is 2.36. The van der Waals surface area contributed by atoms with Gasteiger partial charge in [0.1, 0.15) is 5.75 Å². The van der Waals surface area contributed by atoms with Crippen LogP contribution in [0.2, 0.25) is 0 Å². The standard InChI is InChI=1S/C22H24F2N2O4S/c23-22(24)30-20-6-8-21(9-7-20)31(28,29)26-13-17-10-25(11-18(17)14-26)12-19(15-27)16-4-2-1-3-5-16/h1-9,19,22,27H,10-15H2. The average molecular weight is 451 g/mol. The summed E-state index contributed by atoms with van der Waals surface area (Å²) in [5, 5.41) is 9.81. The zero-order chi connectivity index (χ0) is 22.0. The Morgan fingerprint density at radius 2 is 1.55 bits per heavy atom. The molecule has 2 aromatic carbocycles. The highest BCUT2D eigenvalue weighted by Crippen LogP contribution is 2.31. The zero-order valence-corrected chi connectivity index (χ0v) is 17.6. The van der Waals surface area contributed by atoms with Crippen molar-refractivity contribution in [1.82, 2.24) is 9.21 Å². The van der Waals surface area contributed by atoms with E-state index in [1.807, 2.05) is 30.3 Å². The van der Waals surface area contributed by atoms with Crippen LogP contribution in [0.1, 0.15) is 11.5 Å². The van der Waals surface area contributed by atoms with Gasteiger partial charge in [0.25, 0.3) is 0 Å². The summed E-state index contributed by atoms with van der Waals surface area (Å²) in [4.78, 5) is 2.29. The molecule has 0 saturated heterocycles. The van der Waals surface area contributed by atoms with E-state index < -0.39 is 16.6 Å². The Kier molecular flexibility index (Phi) is 6.38. The topological polar surface area (TPSA) is 70.1 Å². The predicted octanol–water partition coefficient (Wildman–Crippen LogP) is 2.68. The largest absolute Gasteiger partial charge is 0.435 e. The fraction of sp³-hybridized carbons (Fsp3) is 0.364. The molecule has 2 heterocycles. The monoisotopic (exact) mass is 450 g/mol. The first-order valence-corrected chi connectivity index (χ1v) is 11.4. The number of ether oxygens (including phenoxy) is 1. The minimum Gasteiger partial charge on any atom is -0.435 e. The molecule has 2 aromatic rings. The molecule has 4 rings (SSSR count). The number of nitrogens with zero attached hydrogens (tertiary/aromatic N) is 2. The number of hydrogen-bond donors (Lipinski definition) is 1. The van der Waals surface area contributed by atoms with Crippen molar-refractivity contribution < 1.29 is 27.0 Å². The number of benzene rings is 2. The van der Waals surface area contributed by atoms with Crippen LogP contribution in [0.5, 0.6) is 5.75 Å². The van der Waals surface area contributed by atoms with Crippen molar-refractivity contribution in [2.45, 2.75) is 17.4 Å². The van der Waals surface area contributed by atoms with Crippen LogP contribution in [0, 0.1) is 0 Å². The van der Waals surface area contributed by atoms with Gasteiger partial charge in [-0.1, -0.05) is 30.3 Å². The Hall–Kier alpha value is -2.33. The summed E-state index contributed by atoms with van der Waals surface area (Å²) < 4.78 is 56.2. The Morgan fingerprint density at radius 3 is 2.10 bits per heavy atom. The molecular weight excluding hydrogens is 426 g/mol. The van der Waals surface area contributed by atoms with Gasteiger partial charge in [-0.25, -0.2) is 8.42 Å². The number of hydrogen-bond acceptors (Lipinski definition) is 5. The quantitative estimate of drug-likeness (QED) is 0.627. The molecule has 0 bridgehead atoms. The highest BCUT2D eigenvalue weighted by atomic mass is 32.2. The van der Waals surface area contributed by atoms with E-state index >= 15 is 0 Å². The van der Waals surface area contributed by atoms with Crippen LogP contribution >= 0.6 is 0 Å². The first-order chi connectivity index (χ1) is 14.9. The van der Waals surface area contributed by atoms with Gasteiger partial charge in [0.15, 0.2) is 0 Å². The Morgan fingerprint density at radius 1 is 0.935 bits per heavy atom. The Bertz CT molecular complexity index is 1020. The maximum absolute atomic E-state index is 13.0. The summed E-state index contributed by atoms with van der Waals surface area (Å²) in [7, 11) is -3.72. The molecule has 0 amide bonds. The number of sulfonamides is 1. The molecule has 0 radical (unpaired) electrons. The van der Waals surface area contributed by atoms with Crippen molar-refractivity contribution in [3.8, 4) is 5.75 Å². The number of aliphatic hydroxyl groups is 1. The molecule has 0 spiro atoms. The lowest BCUT2D eigenvalue weighted by Gasteiger charge is -2.26. The Balaban J connectivity index is 1.37. The zero-order valence-electron chi connectivity index (χ0n) is 16.8. The molecule has 0 aromatic heterocycles. The SMILES string of the molecule is O=S(=O)(c1ccc(OC(F)F)cc1)N1CC2=C(CN(CC(CO)c3ccccc3)C2)C1. The van der Waals surface area contributed by atoms with Gasteiger partial charge in [0.05, 0.1) is 11.5 Å². The van der Waals surface area contributed by atoms with Crippen molar-refractivity contribution in [1.29, 1.82) is 0 Å². The van der Waals surface area contributed by atoms with Crippen molar-refractivity contribution >= 4 is 10.0 Å². The maximum Gasteiger partial charge on any atom is 0.387 e. The average Bonchev–Trinajstić information content (AvgIpc) is 3.32. The lowest BCUT2D eigenvalue weighted by molar-refractivity contribution is -0.0498. The molecule has 2 aliphatic rings. The van der Waals surface area contributed by atoms with E-state index in [0.29, 0.717) is 32.7 Å². The lowest BCUT2D eigenvalue weighted by Crippen LogP contribution is -2.35. The van der Waals surface area contributed by atoms with Crippen LogP contribution in [0.15, 0.2) is 70.6 Å². The van der Waals surface area contributed by atoms with E-state index in [0.717, 1.165) is 16.7 Å². The van der Waals surface area contributed by atoms with Crippen LogP contribution in [0.4, 0.5) is 8.78 Å². The number of aliphatic hydroxyl groups excluding tert-OH is 1. The van der Waals surface area contributed by atoms with Gasteiger partial charge in [-0.15, -0.1) is 0 Å². The number of alkyl halides is 2. The number of halogens is 2. The first-order valence-electron chi connectivity index (χ1n) is 10.00. The molecule has 1 atom stereocenters. The van der Waals surface area contributed by atoms with Crippen LogP contribution < -0.4 is 4.74 Å². The van der Waals surface area contributed by atoms with Gasteiger partial charge >= 0.3 is 6.61 Å². The van der Waals surface area contributed by atoms with Gasteiger partial charge in [-0.3, -0.25) is 4.90 Å². The second kappa shape index (κ2) is 9.04. The van der Waals surface area contributed by atoms with E-state index in [-0.39, 0.29) is 23.2 Å². The van der Waals surface area contributed by atoms with Crippen LogP contribution in [0.3, 0.4) is 0 Å². The second-order valence-electron chi connectivity index (χ2n) is 7.79. The fourth-order valence-corrected chi connectivity index (χ4v) is 5.60. The van der Waals surface area contributed by atoms with Crippen molar-refractivity contribution in [3.05, 3.63) is 71.3 Å². The first kappa shape index (κ1) is 21.9. The predicted molar refractivity (Wildman–Crippen MR) is 112 cm³/mol. The van der Waals surface area contributed by atoms with E-state index in [4.69, 9.17) is 0 Å². The molecule has 0 fully saturated rings. The summed E-state index contributed by atoms with van der Waals surface area (Å²) >= 11 is 0. The molecule has 2 aliphatic heterocycles. The number of rotatable bonds is 8. The van der Waals surface area contributed by atoms with Gasteiger partial charge in [0, 0.05) is 38.6 Å². The van der Waals surface area contributed by atoms with Crippen molar-refractivity contribution in [2.24, 2.45) is 0 Å². The highest BCUT2D eigenvalue weighted by molar-refractivity contribution is 7.89. The summed E-state index contributed by atoms with van der Waals surface area (Å²) in [6.07, 6.45) is 0. The minimum atomic E-state index is -3.72. The molecule has 31 heavy (non-hydrogen) atoms. The van der Waals surface area contributed by atoms with Crippen molar-refractivity contribution in [2.75, 3.05) is 39.3 Å². The van der Waals surface area contributed by atoms with Gasteiger partial charge in [0.2, 0.25) is 10.0 Å². The third-order valence-corrected chi connectivity index (χ3v) is 7.53. The fourth-order valence-electron chi connectivity index (χ4n) is 4.17. The summed E-state index contributed by atoms with van der Waals surface area (Å²) in [5.41, 5.74) is 3.26. The van der Waals surface area contributed by atoms with Gasteiger partial charge in [-0.05, 0) is 41.0 Å². The van der Waals surface area contributed by atoms with Crippen LogP contribution in [-0.4, -0.2) is 68.7 Å². The third-order valence-electron chi connectivity index (χ3n) is 5.72. The van der Waals surface area contributed by atoms with Crippen molar-refractivity contribution in [3.63, 3.8) is 0 Å². The lowest BCUT2D eigenvalue weighted by atomic mass is 9.99. The molecule has 0 aliphatic carbocycles. The summed E-state index contributed by atoms with van der Waals surface area (Å²) in [6, 6.07) is 14.9. The minimum absolute atomic E-state index is 0.00929. The molecule has 1 N–H and O–H groups in total. The molecule has 166 valence electrons. The van der Waals surface area contributed by atoms with E-state index in [1.54, 1.807) is 0 Å². The molecular formula is C22H24F2N2O4S. The van der Waals surface area contributed by atoms with Crippen LogP contribution in [-0.2, 0) is 10.0 Å². The summed E-state index contributed by atoms with van der Waals surface area (Å²) in [5.74, 6) is -0.0708. The Labute approximate surface area is 180 Å². The molecule has 9 heteroatoms. The third kappa shape index (κ3) is 4.79. The second-order valence-corrected chi connectivity index (χ2v) is 9.73. The van der Waals surface area contributed by atoms with E-state index in [9.17, 15) is 22.3 Å².